The summed E-state index contributed by atoms with van der Waals surface area (Å²) in [4.78, 5) is 0. The summed E-state index contributed by atoms with van der Waals surface area (Å²) in [6.07, 6.45) is 10.9. The molecule has 0 bridgehead atoms. The van der Waals surface area contributed by atoms with E-state index >= 15 is 0 Å². The number of hydrogen-bond acceptors (Lipinski definition) is 1. The minimum absolute atomic E-state index is 0.854. The largest absolute Gasteiger partial charge is 0.316 e. The first kappa shape index (κ1) is 17.7. The van der Waals surface area contributed by atoms with Crippen molar-refractivity contribution in [2.45, 2.75) is 72.1 Å². The van der Waals surface area contributed by atoms with Crippen molar-refractivity contribution in [3.8, 4) is 0 Å². The number of rotatable bonds is 12. The van der Waals surface area contributed by atoms with Gasteiger partial charge in [-0.15, -0.1) is 0 Å². The lowest BCUT2D eigenvalue weighted by Gasteiger charge is -2.21. The van der Waals surface area contributed by atoms with Crippen molar-refractivity contribution >= 4 is 0 Å². The van der Waals surface area contributed by atoms with Crippen LogP contribution in [0.4, 0.5) is 0 Å². The summed E-state index contributed by atoms with van der Waals surface area (Å²) >= 11 is 0. The van der Waals surface area contributed by atoms with E-state index in [9.17, 15) is 0 Å². The first-order valence-electron chi connectivity index (χ1n) is 7.95. The summed E-state index contributed by atoms with van der Waals surface area (Å²) in [5.41, 5.74) is 1.35. The van der Waals surface area contributed by atoms with E-state index in [1.54, 1.807) is 0 Å². The zero-order valence-corrected chi connectivity index (χ0v) is 13.2. The Hall–Kier alpha value is -0.300. The molecule has 0 aromatic rings. The number of hydrogen-bond donors (Lipinski definition) is 1. The van der Waals surface area contributed by atoms with Crippen LogP contribution >= 0.6 is 0 Å². The first-order valence-corrected chi connectivity index (χ1v) is 7.95. The predicted molar refractivity (Wildman–Crippen MR) is 84.0 cm³/mol. The summed E-state index contributed by atoms with van der Waals surface area (Å²) in [5.74, 6) is 1.81. The third-order valence-corrected chi connectivity index (χ3v) is 3.82. The molecular formula is C17H35N. The van der Waals surface area contributed by atoms with Gasteiger partial charge >= 0.3 is 0 Å². The van der Waals surface area contributed by atoms with Gasteiger partial charge in [0.05, 0.1) is 0 Å². The van der Waals surface area contributed by atoms with E-state index < -0.39 is 0 Å². The molecule has 0 aliphatic heterocycles. The Morgan fingerprint density at radius 3 is 2.39 bits per heavy atom. The maximum Gasteiger partial charge on any atom is 0.0158 e. The van der Waals surface area contributed by atoms with Gasteiger partial charge in [-0.25, -0.2) is 0 Å². The highest BCUT2D eigenvalue weighted by Crippen LogP contribution is 2.26. The Bertz CT molecular complexity index is 198. The summed E-state index contributed by atoms with van der Waals surface area (Å²) in [6, 6.07) is 0. The van der Waals surface area contributed by atoms with Gasteiger partial charge in [-0.3, -0.25) is 0 Å². The van der Waals surface area contributed by atoms with Crippen molar-refractivity contribution in [1.82, 2.24) is 5.32 Å². The quantitative estimate of drug-likeness (QED) is 0.473. The van der Waals surface area contributed by atoms with Gasteiger partial charge in [-0.2, -0.15) is 0 Å². The van der Waals surface area contributed by atoms with Crippen molar-refractivity contribution in [3.05, 3.63) is 12.2 Å². The molecule has 18 heavy (non-hydrogen) atoms. The van der Waals surface area contributed by atoms with Gasteiger partial charge in [-0.1, -0.05) is 65.0 Å². The number of unbranched alkanes of at least 4 members (excludes halogenated alkanes) is 1. The third-order valence-electron chi connectivity index (χ3n) is 3.82. The standard InChI is InChI=1S/C17H35N/c1-6-8-10-17(9-7-2)13-15(3)11-12-16(4)14-18-5/h15,17-18H,4,6-14H2,1-3,5H3. The highest BCUT2D eigenvalue weighted by molar-refractivity contribution is 4.96. The van der Waals surface area contributed by atoms with Gasteiger partial charge in [-0.05, 0) is 38.1 Å². The second kappa shape index (κ2) is 11.8. The predicted octanol–water partition coefficient (Wildman–Crippen LogP) is 5.17. The summed E-state index contributed by atoms with van der Waals surface area (Å²) < 4.78 is 0. The van der Waals surface area contributed by atoms with Crippen LogP contribution in [0.5, 0.6) is 0 Å². The van der Waals surface area contributed by atoms with Gasteiger partial charge < -0.3 is 5.32 Å². The van der Waals surface area contributed by atoms with E-state index in [4.69, 9.17) is 0 Å². The van der Waals surface area contributed by atoms with Crippen LogP contribution in [0.2, 0.25) is 0 Å². The molecule has 0 heterocycles. The highest BCUT2D eigenvalue weighted by Gasteiger charge is 2.12. The zero-order chi connectivity index (χ0) is 13.8. The molecule has 108 valence electrons. The molecule has 2 unspecified atom stereocenters. The van der Waals surface area contributed by atoms with E-state index in [0.717, 1.165) is 18.4 Å². The van der Waals surface area contributed by atoms with Crippen LogP contribution in [-0.2, 0) is 0 Å². The average molecular weight is 253 g/mol. The van der Waals surface area contributed by atoms with E-state index in [2.05, 4.69) is 32.7 Å². The lowest BCUT2D eigenvalue weighted by molar-refractivity contribution is 0.328. The van der Waals surface area contributed by atoms with Crippen LogP contribution in [0, 0.1) is 11.8 Å². The molecule has 1 heteroatoms. The fourth-order valence-electron chi connectivity index (χ4n) is 2.76. The molecule has 0 fully saturated rings. The van der Waals surface area contributed by atoms with Gasteiger partial charge in [0.25, 0.3) is 0 Å². The molecule has 0 radical (unpaired) electrons. The summed E-state index contributed by atoms with van der Waals surface area (Å²) in [6.45, 7) is 12.1. The maximum absolute atomic E-state index is 4.12. The van der Waals surface area contributed by atoms with E-state index in [0.29, 0.717) is 0 Å². The van der Waals surface area contributed by atoms with E-state index in [1.807, 2.05) is 7.05 Å². The smallest absolute Gasteiger partial charge is 0.0158 e. The van der Waals surface area contributed by atoms with Crippen LogP contribution in [0.1, 0.15) is 72.1 Å². The van der Waals surface area contributed by atoms with E-state index in [-0.39, 0.29) is 0 Å². The summed E-state index contributed by atoms with van der Waals surface area (Å²) in [5, 5.41) is 3.18. The zero-order valence-electron chi connectivity index (χ0n) is 13.2. The second-order valence-corrected chi connectivity index (χ2v) is 5.96. The molecule has 1 N–H and O–H groups in total. The third kappa shape index (κ3) is 9.70. The van der Waals surface area contributed by atoms with Crippen LogP contribution in [0.25, 0.3) is 0 Å². The van der Waals surface area contributed by atoms with Crippen LogP contribution < -0.4 is 5.32 Å². The Labute approximate surface area is 115 Å². The maximum atomic E-state index is 4.12. The molecule has 0 aliphatic rings. The normalized spacial score (nSPS) is 14.4. The molecule has 0 saturated heterocycles. The fourth-order valence-corrected chi connectivity index (χ4v) is 2.76. The molecule has 0 aromatic heterocycles. The van der Waals surface area contributed by atoms with Gasteiger partial charge in [0.1, 0.15) is 0 Å². The SMILES string of the molecule is C=C(CCC(C)CC(CCC)CCCC)CNC. The van der Waals surface area contributed by atoms with Crippen LogP contribution in [0.15, 0.2) is 12.2 Å². The van der Waals surface area contributed by atoms with Gasteiger partial charge in [0, 0.05) is 6.54 Å². The average Bonchev–Trinajstić information content (AvgIpc) is 2.34. The van der Waals surface area contributed by atoms with Crippen molar-refractivity contribution < 1.29 is 0 Å². The Balaban J connectivity index is 3.85. The molecule has 0 spiro atoms. The molecule has 0 saturated carbocycles. The van der Waals surface area contributed by atoms with Gasteiger partial charge in [0.15, 0.2) is 0 Å². The second-order valence-electron chi connectivity index (χ2n) is 5.96. The van der Waals surface area contributed by atoms with Crippen molar-refractivity contribution in [2.75, 3.05) is 13.6 Å². The lowest BCUT2D eigenvalue weighted by Crippen LogP contribution is -2.11. The minimum atomic E-state index is 0.854. The molecule has 0 aromatic carbocycles. The molecule has 1 nitrogen and oxygen atoms in total. The van der Waals surface area contributed by atoms with Crippen molar-refractivity contribution in [2.24, 2.45) is 11.8 Å². The number of likely N-dealkylation sites (N-methyl/N-ethyl adjacent to an activating group) is 1. The van der Waals surface area contributed by atoms with Crippen molar-refractivity contribution in [1.29, 1.82) is 0 Å². The van der Waals surface area contributed by atoms with Crippen molar-refractivity contribution in [3.63, 3.8) is 0 Å². The topological polar surface area (TPSA) is 12.0 Å². The molecule has 2 atom stereocenters. The molecular weight excluding hydrogens is 218 g/mol. The Morgan fingerprint density at radius 2 is 1.83 bits per heavy atom. The Kier molecular flexibility index (Phi) is 11.6. The monoisotopic (exact) mass is 253 g/mol. The fraction of sp³-hybridized carbons (Fsp3) is 0.882. The van der Waals surface area contributed by atoms with Crippen LogP contribution in [-0.4, -0.2) is 13.6 Å². The minimum Gasteiger partial charge on any atom is -0.316 e. The van der Waals surface area contributed by atoms with E-state index in [1.165, 1.54) is 56.9 Å². The number of nitrogens with one attached hydrogen (secondary N) is 1. The Morgan fingerprint density at radius 1 is 1.11 bits per heavy atom. The lowest BCUT2D eigenvalue weighted by atomic mass is 9.86. The summed E-state index contributed by atoms with van der Waals surface area (Å²) in [7, 11) is 2.00. The highest BCUT2D eigenvalue weighted by atomic mass is 14.8. The first-order chi connectivity index (χ1) is 8.63. The molecule has 0 amide bonds. The van der Waals surface area contributed by atoms with Gasteiger partial charge in [0.2, 0.25) is 0 Å². The van der Waals surface area contributed by atoms with Crippen LogP contribution in [0.3, 0.4) is 0 Å². The molecule has 0 aliphatic carbocycles. The molecule has 0 rings (SSSR count).